The summed E-state index contributed by atoms with van der Waals surface area (Å²) in [5.74, 6) is -0.633. The van der Waals surface area contributed by atoms with Gasteiger partial charge in [0.2, 0.25) is 0 Å². The average Bonchev–Trinajstić information content (AvgIpc) is 3.00. The highest BCUT2D eigenvalue weighted by molar-refractivity contribution is 6.36. The van der Waals surface area contributed by atoms with Gasteiger partial charge in [0, 0.05) is 38.3 Å². The number of carbonyl (C=O) groups excluding carboxylic acids is 1. The molecule has 1 aromatic heterocycles. The third-order valence-corrected chi connectivity index (χ3v) is 4.83. The van der Waals surface area contributed by atoms with E-state index in [9.17, 15) is 10.1 Å². The van der Waals surface area contributed by atoms with Crippen LogP contribution in [0.3, 0.4) is 0 Å². The number of rotatable bonds is 5. The lowest BCUT2D eigenvalue weighted by molar-refractivity contribution is -0.137. The molecule has 0 bridgehead atoms. The first-order valence-corrected chi connectivity index (χ1v) is 9.10. The molecule has 4 nitrogen and oxygen atoms in total. The summed E-state index contributed by atoms with van der Waals surface area (Å²) in [5, 5.41) is 11.4. The number of aromatic nitrogens is 1. The lowest BCUT2D eigenvalue weighted by Crippen LogP contribution is -2.05. The number of para-hydroxylation sites is 1. The summed E-state index contributed by atoms with van der Waals surface area (Å²) >= 11 is 12.6. The van der Waals surface area contributed by atoms with Crippen molar-refractivity contribution in [3.8, 4) is 6.07 Å². The summed E-state index contributed by atoms with van der Waals surface area (Å²) < 4.78 is 6.94. The van der Waals surface area contributed by atoms with Crippen LogP contribution in [-0.4, -0.2) is 17.1 Å². The minimum Gasteiger partial charge on any atom is -0.462 e. The summed E-state index contributed by atoms with van der Waals surface area (Å²) in [5.41, 5.74) is 2.46. The number of carbonyl (C=O) groups is 1. The summed E-state index contributed by atoms with van der Waals surface area (Å²) in [7, 11) is 0. The molecule has 0 saturated carbocycles. The zero-order chi connectivity index (χ0) is 19.4. The number of benzene rings is 2. The minimum atomic E-state index is -0.633. The van der Waals surface area contributed by atoms with Gasteiger partial charge in [0.25, 0.3) is 0 Å². The fourth-order valence-corrected chi connectivity index (χ4v) is 3.39. The molecule has 1 heterocycles. The van der Waals surface area contributed by atoms with Crippen LogP contribution in [0.25, 0.3) is 17.0 Å². The van der Waals surface area contributed by atoms with Gasteiger partial charge in [-0.2, -0.15) is 5.26 Å². The largest absolute Gasteiger partial charge is 0.462 e. The average molecular weight is 399 g/mol. The standard InChI is InChI=1S/C21H16Cl2N2O2/c1-2-27-21(26)14(11-24)10-15-12-25(20-9-4-3-6-16(15)20)13-17-18(22)7-5-8-19(17)23/h3-10,12H,2,13H2,1H3/b14-10+. The summed E-state index contributed by atoms with van der Waals surface area (Å²) in [6.07, 6.45) is 3.42. The molecule has 27 heavy (non-hydrogen) atoms. The quantitative estimate of drug-likeness (QED) is 0.325. The van der Waals surface area contributed by atoms with Crippen LogP contribution in [0.15, 0.2) is 54.2 Å². The Morgan fingerprint density at radius 2 is 1.89 bits per heavy atom. The van der Waals surface area contributed by atoms with Crippen molar-refractivity contribution in [3.05, 3.63) is 75.4 Å². The zero-order valence-corrected chi connectivity index (χ0v) is 16.1. The van der Waals surface area contributed by atoms with Gasteiger partial charge in [0.15, 0.2) is 0 Å². The van der Waals surface area contributed by atoms with E-state index in [1.54, 1.807) is 31.2 Å². The summed E-state index contributed by atoms with van der Waals surface area (Å²) in [6, 6.07) is 15.0. The molecule has 0 fully saturated rings. The second-order valence-corrected chi connectivity index (χ2v) is 6.63. The molecule has 3 rings (SSSR count). The number of fused-ring (bicyclic) bond motifs is 1. The van der Waals surface area contributed by atoms with Crippen molar-refractivity contribution in [1.29, 1.82) is 5.26 Å². The maximum Gasteiger partial charge on any atom is 0.348 e. The van der Waals surface area contributed by atoms with Gasteiger partial charge in [-0.05, 0) is 31.2 Å². The first-order chi connectivity index (χ1) is 13.0. The molecule has 0 aliphatic heterocycles. The highest BCUT2D eigenvalue weighted by Gasteiger charge is 2.14. The molecule has 0 aliphatic rings. The molecule has 0 radical (unpaired) electrons. The molecule has 136 valence electrons. The Bertz CT molecular complexity index is 1060. The van der Waals surface area contributed by atoms with Crippen LogP contribution in [0.2, 0.25) is 10.0 Å². The molecule has 0 N–H and O–H groups in total. The summed E-state index contributed by atoms with van der Waals surface area (Å²) in [4.78, 5) is 11.9. The molecule has 2 aromatic carbocycles. The van der Waals surface area contributed by atoms with E-state index in [2.05, 4.69) is 0 Å². The molecule has 3 aromatic rings. The summed E-state index contributed by atoms with van der Waals surface area (Å²) in [6.45, 7) is 2.38. The van der Waals surface area contributed by atoms with Crippen LogP contribution in [0, 0.1) is 11.3 Å². The van der Waals surface area contributed by atoms with Crippen LogP contribution < -0.4 is 0 Å². The number of esters is 1. The Balaban J connectivity index is 2.09. The van der Waals surface area contributed by atoms with E-state index < -0.39 is 5.97 Å². The smallest absolute Gasteiger partial charge is 0.348 e. The van der Waals surface area contributed by atoms with Crippen LogP contribution in [0.5, 0.6) is 0 Å². The van der Waals surface area contributed by atoms with E-state index in [0.29, 0.717) is 16.6 Å². The van der Waals surface area contributed by atoms with E-state index in [-0.39, 0.29) is 12.2 Å². The topological polar surface area (TPSA) is 55.0 Å². The van der Waals surface area contributed by atoms with Gasteiger partial charge in [-0.25, -0.2) is 4.79 Å². The number of hydrogen-bond acceptors (Lipinski definition) is 3. The molecule has 0 spiro atoms. The number of nitriles is 1. The molecule has 6 heteroatoms. The lowest BCUT2D eigenvalue weighted by Gasteiger charge is -2.09. The maximum absolute atomic E-state index is 11.9. The highest BCUT2D eigenvalue weighted by atomic mass is 35.5. The SMILES string of the molecule is CCOC(=O)/C(C#N)=C/c1cn(Cc2c(Cl)cccc2Cl)c2ccccc12. The van der Waals surface area contributed by atoms with Crippen molar-refractivity contribution in [2.45, 2.75) is 13.5 Å². The van der Waals surface area contributed by atoms with Gasteiger partial charge in [0.05, 0.1) is 13.2 Å². The Morgan fingerprint density at radius 1 is 1.19 bits per heavy atom. The minimum absolute atomic E-state index is 0.0458. The van der Waals surface area contributed by atoms with E-state index in [1.807, 2.05) is 41.1 Å². The third kappa shape index (κ3) is 4.00. The van der Waals surface area contributed by atoms with E-state index >= 15 is 0 Å². The lowest BCUT2D eigenvalue weighted by atomic mass is 10.1. The predicted octanol–water partition coefficient (Wildman–Crippen LogP) is 5.47. The Kier molecular flexibility index (Phi) is 5.85. The third-order valence-electron chi connectivity index (χ3n) is 4.13. The fourth-order valence-electron chi connectivity index (χ4n) is 2.88. The van der Waals surface area contributed by atoms with Crippen molar-refractivity contribution in [3.63, 3.8) is 0 Å². The van der Waals surface area contributed by atoms with Crippen LogP contribution in [0.4, 0.5) is 0 Å². The Labute approximate surface area is 167 Å². The van der Waals surface area contributed by atoms with Gasteiger partial charge < -0.3 is 9.30 Å². The van der Waals surface area contributed by atoms with E-state index in [1.165, 1.54) is 0 Å². The Morgan fingerprint density at radius 3 is 2.56 bits per heavy atom. The number of ether oxygens (including phenoxy) is 1. The molecule has 0 unspecified atom stereocenters. The molecule has 0 amide bonds. The first kappa shape index (κ1) is 19.0. The predicted molar refractivity (Wildman–Crippen MR) is 108 cm³/mol. The van der Waals surface area contributed by atoms with Gasteiger partial charge in [-0.15, -0.1) is 0 Å². The normalized spacial score (nSPS) is 11.4. The molecule has 0 aliphatic carbocycles. The zero-order valence-electron chi connectivity index (χ0n) is 14.6. The van der Waals surface area contributed by atoms with E-state index in [4.69, 9.17) is 27.9 Å². The highest BCUT2D eigenvalue weighted by Crippen LogP contribution is 2.29. The first-order valence-electron chi connectivity index (χ1n) is 8.34. The van der Waals surface area contributed by atoms with Crippen LogP contribution in [-0.2, 0) is 16.1 Å². The van der Waals surface area contributed by atoms with Crippen molar-refractivity contribution < 1.29 is 9.53 Å². The molecule has 0 saturated heterocycles. The number of halogens is 2. The molecule has 0 atom stereocenters. The number of hydrogen-bond donors (Lipinski definition) is 0. The van der Waals surface area contributed by atoms with Crippen molar-refractivity contribution >= 4 is 46.2 Å². The van der Waals surface area contributed by atoms with Crippen molar-refractivity contribution in [2.24, 2.45) is 0 Å². The fraction of sp³-hybridized carbons (Fsp3) is 0.143. The maximum atomic E-state index is 11.9. The van der Waals surface area contributed by atoms with Crippen molar-refractivity contribution in [1.82, 2.24) is 4.57 Å². The van der Waals surface area contributed by atoms with Gasteiger partial charge in [-0.1, -0.05) is 47.5 Å². The molecular formula is C21H16Cl2N2O2. The van der Waals surface area contributed by atoms with Crippen LogP contribution in [0.1, 0.15) is 18.1 Å². The van der Waals surface area contributed by atoms with Gasteiger partial charge in [0.1, 0.15) is 11.6 Å². The Hall–Kier alpha value is -2.74. The van der Waals surface area contributed by atoms with Gasteiger partial charge in [-0.3, -0.25) is 0 Å². The van der Waals surface area contributed by atoms with Crippen LogP contribution >= 0.6 is 23.2 Å². The molecular weight excluding hydrogens is 383 g/mol. The van der Waals surface area contributed by atoms with Gasteiger partial charge >= 0.3 is 5.97 Å². The second kappa shape index (κ2) is 8.30. The monoisotopic (exact) mass is 398 g/mol. The number of nitrogens with zero attached hydrogens (tertiary/aromatic N) is 2. The van der Waals surface area contributed by atoms with E-state index in [0.717, 1.165) is 22.0 Å². The van der Waals surface area contributed by atoms with Crippen molar-refractivity contribution in [2.75, 3.05) is 6.61 Å². The second-order valence-electron chi connectivity index (χ2n) is 5.82.